The van der Waals surface area contributed by atoms with Gasteiger partial charge >= 0.3 is 11.9 Å². The van der Waals surface area contributed by atoms with Crippen LogP contribution in [0.1, 0.15) is 29.6 Å². The van der Waals surface area contributed by atoms with Crippen LogP contribution < -0.4 is 0 Å². The predicted octanol–water partition coefficient (Wildman–Crippen LogP) is 2.65. The van der Waals surface area contributed by atoms with E-state index in [4.69, 9.17) is 4.74 Å². The van der Waals surface area contributed by atoms with Crippen LogP contribution in [0.4, 0.5) is 0 Å². The Morgan fingerprint density at radius 3 is 2.25 bits per heavy atom. The molecule has 0 spiro atoms. The molecular weight excluding hydrogens is 659 g/mol. The lowest BCUT2D eigenvalue weighted by atomic mass is 10.2. The van der Waals surface area contributed by atoms with Gasteiger partial charge in [0, 0.05) is 23.6 Å². The number of nitrogens with zero attached hydrogens (tertiary/aromatic N) is 1. The molecule has 0 atom stereocenters. The van der Waals surface area contributed by atoms with Crippen LogP contribution in [-0.2, 0) is 24.0 Å². The average Bonchev–Trinajstić information content (AvgIpc) is 2.83. The summed E-state index contributed by atoms with van der Waals surface area (Å²) in [4.78, 5) is 51.2. The summed E-state index contributed by atoms with van der Waals surface area (Å²) < 4.78 is 7.54. The van der Waals surface area contributed by atoms with Crippen LogP contribution in [0.2, 0.25) is 0 Å². The van der Waals surface area contributed by atoms with Gasteiger partial charge in [-0.3, -0.25) is 9.59 Å². The third-order valence-electron chi connectivity index (χ3n) is 2.99. The molecule has 10 heteroatoms. The van der Waals surface area contributed by atoms with Gasteiger partial charge < -0.3 is 9.57 Å². The molecule has 0 aromatic heterocycles. The van der Waals surface area contributed by atoms with Crippen LogP contribution >= 0.6 is 67.8 Å². The molecule has 1 aliphatic rings. The summed E-state index contributed by atoms with van der Waals surface area (Å²) in [5.41, 5.74) is 0.446. The second-order valence-corrected chi connectivity index (χ2v) is 8.05. The molecule has 2 rings (SSSR count). The van der Waals surface area contributed by atoms with Crippen molar-refractivity contribution in [2.24, 2.45) is 0 Å². The fourth-order valence-electron chi connectivity index (χ4n) is 1.82. The van der Waals surface area contributed by atoms with Gasteiger partial charge in [-0.25, -0.2) is 9.59 Å². The molecule has 1 saturated heterocycles. The Morgan fingerprint density at radius 1 is 1.04 bits per heavy atom. The molecule has 24 heavy (non-hydrogen) atoms. The molecule has 1 aliphatic heterocycles. The van der Waals surface area contributed by atoms with E-state index >= 15 is 0 Å². The summed E-state index contributed by atoms with van der Waals surface area (Å²) in [5.74, 6) is -2.44. The normalized spacial score (nSPS) is 14.0. The van der Waals surface area contributed by atoms with E-state index in [-0.39, 0.29) is 25.9 Å². The van der Waals surface area contributed by atoms with Gasteiger partial charge in [-0.1, -0.05) is 0 Å². The molecule has 1 fully saturated rings. The average molecular weight is 669 g/mol. The van der Waals surface area contributed by atoms with Crippen molar-refractivity contribution in [3.63, 3.8) is 0 Å². The topological polar surface area (TPSA) is 90.0 Å². The lowest BCUT2D eigenvalue weighted by Crippen LogP contribution is -2.32. The predicted molar refractivity (Wildman–Crippen MR) is 107 cm³/mol. The zero-order valence-corrected chi connectivity index (χ0v) is 18.5. The minimum Gasteiger partial charge on any atom is -0.461 e. The van der Waals surface area contributed by atoms with Crippen molar-refractivity contribution in [3.8, 4) is 0 Å². The lowest BCUT2D eigenvalue weighted by molar-refractivity contribution is -0.197. The summed E-state index contributed by atoms with van der Waals surface area (Å²) in [7, 11) is 0. The van der Waals surface area contributed by atoms with E-state index in [1.54, 1.807) is 6.07 Å². The van der Waals surface area contributed by atoms with E-state index in [2.05, 4.69) is 50.0 Å². The number of ether oxygens (including phenoxy) is 1. The number of hydrogen-bond donors (Lipinski definition) is 0. The van der Waals surface area contributed by atoms with Gasteiger partial charge in [-0.15, -0.1) is 5.06 Å². The van der Waals surface area contributed by atoms with Crippen LogP contribution in [-0.4, -0.2) is 35.4 Å². The highest BCUT2D eigenvalue weighted by Crippen LogP contribution is 2.25. The van der Waals surface area contributed by atoms with Crippen molar-refractivity contribution >= 4 is 91.5 Å². The fourth-order valence-corrected chi connectivity index (χ4v) is 4.14. The number of hydrogen-bond acceptors (Lipinski definition) is 6. The second kappa shape index (κ2) is 8.73. The number of esters is 1. The number of rotatable bonds is 5. The number of amides is 2. The van der Waals surface area contributed by atoms with Gasteiger partial charge in [0.1, 0.15) is 6.61 Å². The Hall–Kier alpha value is -0.510. The zero-order chi connectivity index (χ0) is 17.9. The number of halogens is 3. The Bertz CT molecular complexity index is 705. The molecule has 2 amide bonds. The molecule has 1 aromatic rings. The molecule has 128 valence electrons. The SMILES string of the molecule is O=C(CCOC(=O)c1c(I)ccc(I)c1I)ON1C(=O)CCC1=O. The fraction of sp³-hybridized carbons (Fsp3) is 0.286. The maximum atomic E-state index is 12.2. The van der Waals surface area contributed by atoms with Gasteiger partial charge in [-0.05, 0) is 79.9 Å². The van der Waals surface area contributed by atoms with Crippen molar-refractivity contribution in [3.05, 3.63) is 28.4 Å². The summed E-state index contributed by atoms with van der Waals surface area (Å²) >= 11 is 6.22. The zero-order valence-electron chi connectivity index (χ0n) is 12.0. The minimum atomic E-state index is -0.807. The maximum Gasteiger partial charge on any atom is 0.340 e. The van der Waals surface area contributed by atoms with Crippen LogP contribution in [0.15, 0.2) is 12.1 Å². The Labute approximate surface area is 178 Å². The van der Waals surface area contributed by atoms with Crippen molar-refractivity contribution in [1.82, 2.24) is 5.06 Å². The standard InChI is InChI=1S/C14H10I3NO6/c15-7-1-2-8(16)13(17)12(7)14(22)23-6-5-11(21)24-18-9(19)3-4-10(18)20/h1-2H,3-6H2. The van der Waals surface area contributed by atoms with Crippen molar-refractivity contribution < 1.29 is 28.8 Å². The highest BCUT2D eigenvalue weighted by atomic mass is 127. The van der Waals surface area contributed by atoms with E-state index < -0.39 is 23.8 Å². The lowest BCUT2D eigenvalue weighted by Gasteiger charge is -2.13. The number of imide groups is 1. The van der Waals surface area contributed by atoms with E-state index in [0.717, 1.165) is 10.7 Å². The molecule has 1 aromatic carbocycles. The van der Waals surface area contributed by atoms with Crippen LogP contribution in [0.5, 0.6) is 0 Å². The highest BCUT2D eigenvalue weighted by Gasteiger charge is 2.32. The van der Waals surface area contributed by atoms with Crippen molar-refractivity contribution in [2.45, 2.75) is 19.3 Å². The van der Waals surface area contributed by atoms with Gasteiger partial charge in [-0.2, -0.15) is 0 Å². The first-order valence-electron chi connectivity index (χ1n) is 6.68. The minimum absolute atomic E-state index is 0.0324. The smallest absolute Gasteiger partial charge is 0.340 e. The second-order valence-electron chi connectivity index (χ2n) is 4.65. The monoisotopic (exact) mass is 669 g/mol. The van der Waals surface area contributed by atoms with E-state index in [9.17, 15) is 19.2 Å². The highest BCUT2D eigenvalue weighted by molar-refractivity contribution is 14.1. The molecule has 0 bridgehead atoms. The molecular formula is C14H10I3NO6. The van der Waals surface area contributed by atoms with E-state index in [1.165, 1.54) is 0 Å². The quantitative estimate of drug-likeness (QED) is 0.208. The summed E-state index contributed by atoms with van der Waals surface area (Å²) in [5, 5.41) is 0.468. The third-order valence-corrected chi connectivity index (χ3v) is 6.94. The third kappa shape index (κ3) is 4.77. The number of benzene rings is 1. The molecule has 0 unspecified atom stereocenters. The van der Waals surface area contributed by atoms with E-state index in [1.807, 2.05) is 28.7 Å². The first-order valence-corrected chi connectivity index (χ1v) is 9.92. The van der Waals surface area contributed by atoms with Gasteiger partial charge in [0.15, 0.2) is 0 Å². The molecule has 0 radical (unpaired) electrons. The van der Waals surface area contributed by atoms with Gasteiger partial charge in [0.05, 0.1) is 12.0 Å². The van der Waals surface area contributed by atoms with Crippen molar-refractivity contribution in [1.29, 1.82) is 0 Å². The molecule has 1 heterocycles. The van der Waals surface area contributed by atoms with E-state index in [0.29, 0.717) is 10.6 Å². The largest absolute Gasteiger partial charge is 0.461 e. The van der Waals surface area contributed by atoms with Crippen LogP contribution in [0.3, 0.4) is 0 Å². The number of carbonyl (C=O) groups excluding carboxylic acids is 4. The molecule has 0 N–H and O–H groups in total. The van der Waals surface area contributed by atoms with Crippen LogP contribution in [0, 0.1) is 10.7 Å². The number of hydroxylamine groups is 2. The van der Waals surface area contributed by atoms with Crippen molar-refractivity contribution in [2.75, 3.05) is 6.61 Å². The molecule has 0 saturated carbocycles. The Balaban J connectivity index is 1.87. The van der Waals surface area contributed by atoms with Gasteiger partial charge in [0.25, 0.3) is 11.8 Å². The maximum absolute atomic E-state index is 12.2. The summed E-state index contributed by atoms with van der Waals surface area (Å²) in [6.07, 6.45) is -0.185. The Kier molecular flexibility index (Phi) is 7.21. The molecule has 7 nitrogen and oxygen atoms in total. The summed E-state index contributed by atoms with van der Waals surface area (Å²) in [6.45, 7) is -0.203. The summed E-state index contributed by atoms with van der Waals surface area (Å²) in [6, 6.07) is 3.70. The number of carbonyl (C=O) groups is 4. The Morgan fingerprint density at radius 2 is 1.62 bits per heavy atom. The molecule has 0 aliphatic carbocycles. The first kappa shape index (κ1) is 19.8. The first-order chi connectivity index (χ1) is 11.3. The van der Waals surface area contributed by atoms with Gasteiger partial charge in [0.2, 0.25) is 0 Å². The van der Waals surface area contributed by atoms with Crippen LogP contribution in [0.25, 0.3) is 0 Å².